The summed E-state index contributed by atoms with van der Waals surface area (Å²) in [5.74, 6) is -0.636. The molecule has 1 fully saturated rings. The van der Waals surface area contributed by atoms with Crippen molar-refractivity contribution in [2.24, 2.45) is 0 Å². The average molecular weight is 459 g/mol. The number of esters is 1. The van der Waals surface area contributed by atoms with Crippen molar-refractivity contribution in [2.75, 3.05) is 38.1 Å². The molecule has 2 aromatic heterocycles. The van der Waals surface area contributed by atoms with Crippen LogP contribution >= 0.6 is 11.3 Å². The van der Waals surface area contributed by atoms with Crippen LogP contribution in [0.5, 0.6) is 0 Å². The van der Waals surface area contributed by atoms with E-state index in [1.54, 1.807) is 25.7 Å². The van der Waals surface area contributed by atoms with Crippen LogP contribution in [0.15, 0.2) is 11.4 Å². The van der Waals surface area contributed by atoms with Gasteiger partial charge in [-0.3, -0.25) is 14.5 Å². The second-order valence-corrected chi connectivity index (χ2v) is 8.50. The van der Waals surface area contributed by atoms with E-state index in [4.69, 9.17) is 4.74 Å². The molecule has 31 heavy (non-hydrogen) atoms. The Morgan fingerprint density at radius 2 is 1.84 bits per heavy atom. The zero-order valence-electron chi connectivity index (χ0n) is 17.7. The molecule has 3 heterocycles. The van der Waals surface area contributed by atoms with Crippen LogP contribution in [0.25, 0.3) is 10.2 Å². The number of carbonyl (C=O) groups is 2. The van der Waals surface area contributed by atoms with Gasteiger partial charge < -0.3 is 15.0 Å². The molecule has 0 saturated carbocycles. The van der Waals surface area contributed by atoms with E-state index in [9.17, 15) is 22.8 Å². The van der Waals surface area contributed by atoms with E-state index in [0.29, 0.717) is 26.2 Å². The third-order valence-electron chi connectivity index (χ3n) is 5.17. The van der Waals surface area contributed by atoms with E-state index >= 15 is 0 Å². The minimum absolute atomic E-state index is 0.0467. The number of nitrogens with zero attached hydrogens (tertiary/aromatic N) is 3. The van der Waals surface area contributed by atoms with Gasteiger partial charge in [-0.25, -0.2) is 4.98 Å². The summed E-state index contributed by atoms with van der Waals surface area (Å²) >= 11 is 0.857. The van der Waals surface area contributed by atoms with Crippen molar-refractivity contribution in [3.05, 3.63) is 22.6 Å². The zero-order chi connectivity index (χ0) is 22.9. The number of pyridine rings is 1. The van der Waals surface area contributed by atoms with Crippen molar-refractivity contribution in [2.45, 2.75) is 39.1 Å². The van der Waals surface area contributed by atoms with Crippen molar-refractivity contribution >= 4 is 39.2 Å². The molecule has 1 unspecified atom stereocenters. The summed E-state index contributed by atoms with van der Waals surface area (Å²) in [4.78, 5) is 32.4. The molecule has 170 valence electrons. The zero-order valence-corrected chi connectivity index (χ0v) is 18.6. The largest absolute Gasteiger partial charge is 0.462 e. The first-order valence-electron chi connectivity index (χ1n) is 9.94. The molecular formula is C20H25F3N4O3S. The van der Waals surface area contributed by atoms with Gasteiger partial charge in [-0.1, -0.05) is 0 Å². The molecular weight excluding hydrogens is 433 g/mol. The van der Waals surface area contributed by atoms with Crippen LogP contribution < -0.4 is 10.2 Å². The Balaban J connectivity index is 1.86. The van der Waals surface area contributed by atoms with Gasteiger partial charge in [0.25, 0.3) is 5.91 Å². The number of alkyl halides is 3. The monoisotopic (exact) mass is 458 g/mol. The number of rotatable bonds is 5. The van der Waals surface area contributed by atoms with E-state index < -0.39 is 23.7 Å². The van der Waals surface area contributed by atoms with Crippen LogP contribution in [0.3, 0.4) is 0 Å². The molecule has 2 aromatic rings. The van der Waals surface area contributed by atoms with Crippen molar-refractivity contribution in [3.63, 3.8) is 0 Å². The molecule has 0 aromatic carbocycles. The number of hydrogen-bond donors (Lipinski definition) is 1. The predicted octanol–water partition coefficient (Wildman–Crippen LogP) is 3.14. The van der Waals surface area contributed by atoms with Crippen molar-refractivity contribution < 1.29 is 27.5 Å². The lowest BCUT2D eigenvalue weighted by molar-refractivity contribution is -0.153. The van der Waals surface area contributed by atoms with Gasteiger partial charge in [0.2, 0.25) is 0 Å². The maximum atomic E-state index is 13.7. The number of hydrogen-bond acceptors (Lipinski definition) is 7. The van der Waals surface area contributed by atoms with Gasteiger partial charge in [-0.2, -0.15) is 13.2 Å². The van der Waals surface area contributed by atoms with Crippen LogP contribution in [0, 0.1) is 0 Å². The summed E-state index contributed by atoms with van der Waals surface area (Å²) in [6.07, 6.45) is -4.79. The molecule has 1 aliphatic rings. The predicted molar refractivity (Wildman–Crippen MR) is 112 cm³/mol. The Kier molecular flexibility index (Phi) is 6.75. The van der Waals surface area contributed by atoms with Crippen molar-refractivity contribution in [1.82, 2.24) is 15.2 Å². The van der Waals surface area contributed by atoms with Crippen LogP contribution in [0.2, 0.25) is 0 Å². The smallest absolute Gasteiger partial charge is 0.417 e. The summed E-state index contributed by atoms with van der Waals surface area (Å²) in [5.41, 5.74) is -0.631. The number of carbonyl (C=O) groups excluding carboxylic acids is 2. The molecule has 1 saturated heterocycles. The second-order valence-electron chi connectivity index (χ2n) is 7.62. The molecule has 1 amide bonds. The lowest BCUT2D eigenvalue weighted by Gasteiger charge is -2.38. The summed E-state index contributed by atoms with van der Waals surface area (Å²) in [7, 11) is 1.42. The Labute approximate surface area is 182 Å². The minimum Gasteiger partial charge on any atom is -0.462 e. The first-order chi connectivity index (χ1) is 14.5. The molecule has 1 atom stereocenters. The Bertz CT molecular complexity index is 968. The Hall–Kier alpha value is -2.40. The normalized spacial score (nSPS) is 16.6. The number of anilines is 1. The van der Waals surface area contributed by atoms with Gasteiger partial charge in [0.1, 0.15) is 11.9 Å². The number of ether oxygens (including phenoxy) is 1. The molecule has 7 nitrogen and oxygen atoms in total. The highest BCUT2D eigenvalue weighted by Gasteiger charge is 2.36. The maximum absolute atomic E-state index is 13.7. The number of amides is 1. The fourth-order valence-corrected chi connectivity index (χ4v) is 4.50. The molecule has 0 spiro atoms. The minimum atomic E-state index is -4.57. The molecule has 1 aliphatic heterocycles. The third-order valence-corrected chi connectivity index (χ3v) is 6.17. The highest BCUT2D eigenvalue weighted by Crippen LogP contribution is 2.40. The van der Waals surface area contributed by atoms with Gasteiger partial charge in [0.15, 0.2) is 0 Å². The second kappa shape index (κ2) is 8.99. The molecule has 0 bridgehead atoms. The van der Waals surface area contributed by atoms with Gasteiger partial charge in [0.05, 0.1) is 27.4 Å². The topological polar surface area (TPSA) is 74.8 Å². The summed E-state index contributed by atoms with van der Waals surface area (Å²) in [6.45, 7) is 7.06. The first kappa shape index (κ1) is 23.3. The lowest BCUT2D eigenvalue weighted by atomic mass is 10.1. The molecule has 0 aliphatic carbocycles. The van der Waals surface area contributed by atoms with Crippen LogP contribution in [0.4, 0.5) is 19.0 Å². The number of halogens is 3. The highest BCUT2D eigenvalue weighted by molar-refractivity contribution is 7.17. The lowest BCUT2D eigenvalue weighted by Crippen LogP contribution is -2.52. The summed E-state index contributed by atoms with van der Waals surface area (Å²) < 4.78 is 46.3. The Morgan fingerprint density at radius 3 is 2.39 bits per heavy atom. The fraction of sp³-hybridized carbons (Fsp3) is 0.550. The molecule has 0 radical (unpaired) electrons. The van der Waals surface area contributed by atoms with Crippen molar-refractivity contribution in [3.8, 4) is 0 Å². The first-order valence-corrected chi connectivity index (χ1v) is 10.8. The quantitative estimate of drug-likeness (QED) is 0.694. The number of thiophene rings is 1. The van der Waals surface area contributed by atoms with E-state index in [2.05, 4.69) is 10.3 Å². The van der Waals surface area contributed by atoms with Crippen LogP contribution in [0.1, 0.15) is 36.7 Å². The third kappa shape index (κ3) is 4.93. The fourth-order valence-electron chi connectivity index (χ4n) is 3.48. The van der Waals surface area contributed by atoms with Gasteiger partial charge in [0, 0.05) is 38.6 Å². The van der Waals surface area contributed by atoms with E-state index in [-0.39, 0.29) is 33.7 Å². The van der Waals surface area contributed by atoms with Crippen molar-refractivity contribution in [1.29, 1.82) is 0 Å². The number of nitrogens with one attached hydrogen (secondary N) is 1. The van der Waals surface area contributed by atoms with E-state index in [0.717, 1.165) is 17.4 Å². The average Bonchev–Trinajstić information content (AvgIpc) is 3.14. The SMILES string of the molecule is CNC(=O)c1csc2c(C(F)(F)F)cc(N3CCN(C(C)C(=O)OC(C)C)CC3)nc12. The maximum Gasteiger partial charge on any atom is 0.417 e. The highest BCUT2D eigenvalue weighted by atomic mass is 32.1. The molecule has 3 rings (SSSR count). The van der Waals surface area contributed by atoms with E-state index in [1.165, 1.54) is 12.4 Å². The van der Waals surface area contributed by atoms with Crippen LogP contribution in [-0.4, -0.2) is 67.1 Å². The number of aromatic nitrogens is 1. The van der Waals surface area contributed by atoms with Gasteiger partial charge >= 0.3 is 12.1 Å². The van der Waals surface area contributed by atoms with Gasteiger partial charge in [-0.15, -0.1) is 11.3 Å². The number of fused-ring (bicyclic) bond motifs is 1. The standard InChI is InChI=1S/C20H25F3N4O3S/c1-11(2)30-19(29)12(3)26-5-7-27(8-6-26)15-9-14(20(21,22)23)17-16(25-15)13(10-31-17)18(28)24-4/h9-12H,5-8H2,1-4H3,(H,24,28). The van der Waals surface area contributed by atoms with E-state index in [1.807, 2.05) is 4.90 Å². The Morgan fingerprint density at radius 1 is 1.19 bits per heavy atom. The molecule has 1 N–H and O–H groups in total. The van der Waals surface area contributed by atoms with Crippen LogP contribution in [-0.2, 0) is 15.7 Å². The molecule has 11 heteroatoms. The summed E-state index contributed by atoms with van der Waals surface area (Å²) in [6, 6.07) is 0.598. The van der Waals surface area contributed by atoms with Gasteiger partial charge in [-0.05, 0) is 26.8 Å². The summed E-state index contributed by atoms with van der Waals surface area (Å²) in [5, 5.41) is 3.84. The number of piperazine rings is 1.